The van der Waals surface area contributed by atoms with E-state index < -0.39 is 5.60 Å². The Morgan fingerprint density at radius 2 is 2.12 bits per heavy atom. The number of hydrogen-bond donors (Lipinski definition) is 1. The summed E-state index contributed by atoms with van der Waals surface area (Å²) >= 11 is 5.07. The van der Waals surface area contributed by atoms with Gasteiger partial charge in [-0.05, 0) is 48.1 Å². The summed E-state index contributed by atoms with van der Waals surface area (Å²) in [7, 11) is 0. The molecular formula is C14H15BrOS. The molecule has 0 aliphatic heterocycles. The fourth-order valence-electron chi connectivity index (χ4n) is 2.04. The van der Waals surface area contributed by atoms with Gasteiger partial charge in [0.05, 0.1) is 0 Å². The van der Waals surface area contributed by atoms with Crippen molar-refractivity contribution in [1.82, 2.24) is 0 Å². The molecule has 0 bridgehead atoms. The van der Waals surface area contributed by atoms with Crippen molar-refractivity contribution in [1.29, 1.82) is 0 Å². The van der Waals surface area contributed by atoms with Gasteiger partial charge in [0.25, 0.3) is 0 Å². The van der Waals surface area contributed by atoms with Crippen molar-refractivity contribution in [3.8, 4) is 0 Å². The molecule has 1 nitrogen and oxygen atoms in total. The molecule has 1 aromatic carbocycles. The quantitative estimate of drug-likeness (QED) is 0.887. The first kappa shape index (κ1) is 12.8. The van der Waals surface area contributed by atoms with E-state index in [1.165, 1.54) is 0 Å². The minimum atomic E-state index is -0.873. The van der Waals surface area contributed by atoms with Gasteiger partial charge in [-0.25, -0.2) is 0 Å². The smallest absolute Gasteiger partial charge is 0.124 e. The molecular weight excluding hydrogens is 296 g/mol. The first-order valence-electron chi connectivity index (χ1n) is 5.61. The van der Waals surface area contributed by atoms with Gasteiger partial charge in [-0.15, -0.1) is 11.3 Å². The summed E-state index contributed by atoms with van der Waals surface area (Å²) in [5, 5.41) is 13.0. The van der Waals surface area contributed by atoms with Gasteiger partial charge >= 0.3 is 0 Å². The zero-order valence-corrected chi connectivity index (χ0v) is 12.3. The second-order valence-corrected chi connectivity index (χ2v) is 5.99. The van der Waals surface area contributed by atoms with Crippen LogP contribution in [0.1, 0.15) is 29.3 Å². The van der Waals surface area contributed by atoms with Crippen LogP contribution in [-0.4, -0.2) is 5.11 Å². The van der Waals surface area contributed by atoms with E-state index in [-0.39, 0.29) is 0 Å². The van der Waals surface area contributed by atoms with E-state index in [2.05, 4.69) is 22.0 Å². The second-order valence-electron chi connectivity index (χ2n) is 4.16. The van der Waals surface area contributed by atoms with Crippen molar-refractivity contribution in [3.63, 3.8) is 0 Å². The zero-order valence-electron chi connectivity index (χ0n) is 9.90. The summed E-state index contributed by atoms with van der Waals surface area (Å²) in [5.74, 6) is 0. The van der Waals surface area contributed by atoms with Crippen molar-refractivity contribution in [2.45, 2.75) is 25.9 Å². The largest absolute Gasteiger partial charge is 0.380 e. The van der Waals surface area contributed by atoms with Crippen LogP contribution >= 0.6 is 27.3 Å². The van der Waals surface area contributed by atoms with E-state index in [4.69, 9.17) is 0 Å². The van der Waals surface area contributed by atoms with Gasteiger partial charge in [0, 0.05) is 9.35 Å². The molecule has 17 heavy (non-hydrogen) atoms. The van der Waals surface area contributed by atoms with Crippen LogP contribution in [0.25, 0.3) is 0 Å². The Hall–Kier alpha value is -0.640. The maximum atomic E-state index is 10.9. The number of aliphatic hydroxyl groups is 1. The Balaban J connectivity index is 2.55. The highest BCUT2D eigenvalue weighted by Crippen LogP contribution is 2.38. The van der Waals surface area contributed by atoms with Crippen molar-refractivity contribution < 1.29 is 5.11 Å². The molecule has 1 heterocycles. The van der Waals surface area contributed by atoms with Crippen LogP contribution in [0.2, 0.25) is 0 Å². The standard InChI is InChI=1S/C14H15BrOS/c1-3-14(16,13-10(2)7-8-17-13)11-5-4-6-12(15)9-11/h4-9,16H,3H2,1-2H3. The Morgan fingerprint density at radius 3 is 2.65 bits per heavy atom. The highest BCUT2D eigenvalue weighted by atomic mass is 79.9. The molecule has 1 aromatic heterocycles. The Labute approximate surface area is 114 Å². The summed E-state index contributed by atoms with van der Waals surface area (Å²) < 4.78 is 0.996. The molecule has 0 aliphatic carbocycles. The van der Waals surface area contributed by atoms with E-state index >= 15 is 0 Å². The van der Waals surface area contributed by atoms with Gasteiger partial charge in [-0.2, -0.15) is 0 Å². The lowest BCUT2D eigenvalue weighted by Crippen LogP contribution is -2.25. The van der Waals surface area contributed by atoms with Crippen molar-refractivity contribution >= 4 is 27.3 Å². The first-order valence-corrected chi connectivity index (χ1v) is 7.28. The molecule has 0 aliphatic rings. The first-order chi connectivity index (χ1) is 8.08. The molecule has 0 spiro atoms. The van der Waals surface area contributed by atoms with E-state index in [1.54, 1.807) is 11.3 Å². The van der Waals surface area contributed by atoms with Crippen molar-refractivity contribution in [2.75, 3.05) is 0 Å². The third-order valence-corrected chi connectivity index (χ3v) is 4.71. The lowest BCUT2D eigenvalue weighted by molar-refractivity contribution is 0.0797. The predicted octanol–water partition coefficient (Wildman–Crippen LogP) is 4.46. The van der Waals surface area contributed by atoms with Crippen LogP contribution < -0.4 is 0 Å². The van der Waals surface area contributed by atoms with Gasteiger partial charge in [0.2, 0.25) is 0 Å². The van der Waals surface area contributed by atoms with Gasteiger partial charge in [-0.1, -0.05) is 35.0 Å². The van der Waals surface area contributed by atoms with Crippen molar-refractivity contribution in [2.24, 2.45) is 0 Å². The Kier molecular flexibility index (Phi) is 3.71. The van der Waals surface area contributed by atoms with Crippen LogP contribution in [-0.2, 0) is 5.60 Å². The molecule has 0 radical (unpaired) electrons. The maximum absolute atomic E-state index is 10.9. The summed E-state index contributed by atoms with van der Waals surface area (Å²) in [6.45, 7) is 4.06. The van der Waals surface area contributed by atoms with E-state index in [1.807, 2.05) is 43.5 Å². The Morgan fingerprint density at radius 1 is 1.35 bits per heavy atom. The summed E-state index contributed by atoms with van der Waals surface area (Å²) in [6, 6.07) is 9.96. The van der Waals surface area contributed by atoms with Crippen LogP contribution in [0.4, 0.5) is 0 Å². The molecule has 1 atom stereocenters. The van der Waals surface area contributed by atoms with E-state index in [0.717, 1.165) is 20.5 Å². The summed E-state index contributed by atoms with van der Waals surface area (Å²) in [4.78, 5) is 1.04. The molecule has 3 heteroatoms. The Bertz CT molecular complexity index is 520. The lowest BCUT2D eigenvalue weighted by atomic mass is 9.88. The van der Waals surface area contributed by atoms with Crippen LogP contribution in [0.3, 0.4) is 0 Å². The third-order valence-electron chi connectivity index (χ3n) is 3.05. The van der Waals surface area contributed by atoms with E-state index in [0.29, 0.717) is 6.42 Å². The number of benzene rings is 1. The second kappa shape index (κ2) is 4.92. The summed E-state index contributed by atoms with van der Waals surface area (Å²) in [6.07, 6.45) is 0.671. The molecule has 2 rings (SSSR count). The highest BCUT2D eigenvalue weighted by molar-refractivity contribution is 9.10. The topological polar surface area (TPSA) is 20.2 Å². The number of thiophene rings is 1. The van der Waals surface area contributed by atoms with E-state index in [9.17, 15) is 5.11 Å². The zero-order chi connectivity index (χ0) is 12.5. The fourth-order valence-corrected chi connectivity index (χ4v) is 3.56. The molecule has 0 amide bonds. The van der Waals surface area contributed by atoms with Gasteiger partial charge in [-0.3, -0.25) is 0 Å². The summed E-state index contributed by atoms with van der Waals surface area (Å²) in [5.41, 5.74) is 1.22. The molecule has 0 saturated carbocycles. The van der Waals surface area contributed by atoms with Gasteiger partial charge in [0.15, 0.2) is 0 Å². The lowest BCUT2D eigenvalue weighted by Gasteiger charge is -2.27. The van der Waals surface area contributed by atoms with Gasteiger partial charge < -0.3 is 5.11 Å². The third kappa shape index (κ3) is 2.32. The normalized spacial score (nSPS) is 14.6. The molecule has 1 unspecified atom stereocenters. The average molecular weight is 311 g/mol. The predicted molar refractivity (Wildman–Crippen MR) is 76.5 cm³/mol. The highest BCUT2D eigenvalue weighted by Gasteiger charge is 2.32. The molecule has 2 aromatic rings. The number of aryl methyl sites for hydroxylation is 1. The number of halogens is 1. The number of hydrogen-bond acceptors (Lipinski definition) is 2. The molecule has 0 fully saturated rings. The minimum Gasteiger partial charge on any atom is -0.380 e. The van der Waals surface area contributed by atoms with Crippen LogP contribution in [0, 0.1) is 6.92 Å². The monoisotopic (exact) mass is 310 g/mol. The molecule has 90 valence electrons. The number of rotatable bonds is 3. The average Bonchev–Trinajstić information content (AvgIpc) is 2.75. The van der Waals surface area contributed by atoms with Crippen LogP contribution in [0.15, 0.2) is 40.2 Å². The van der Waals surface area contributed by atoms with Gasteiger partial charge in [0.1, 0.15) is 5.60 Å². The molecule has 1 N–H and O–H groups in total. The maximum Gasteiger partial charge on any atom is 0.124 e. The SMILES string of the molecule is CCC(O)(c1cccc(Br)c1)c1sccc1C. The van der Waals surface area contributed by atoms with Crippen molar-refractivity contribution in [3.05, 3.63) is 56.2 Å². The fraction of sp³-hybridized carbons (Fsp3) is 0.286. The minimum absolute atomic E-state index is 0.671. The van der Waals surface area contributed by atoms with Crippen LogP contribution in [0.5, 0.6) is 0 Å². The molecule has 0 saturated heterocycles.